The Labute approximate surface area is 171 Å². The molecule has 156 valence electrons. The second-order valence-corrected chi connectivity index (χ2v) is 7.74. The van der Waals surface area contributed by atoms with Crippen molar-refractivity contribution in [2.24, 2.45) is 18.0 Å². The quantitative estimate of drug-likeness (QED) is 0.710. The molecule has 0 radical (unpaired) electrons. The minimum Gasteiger partial charge on any atom is -0.447 e. The van der Waals surface area contributed by atoms with Crippen molar-refractivity contribution >= 4 is 35.0 Å². The number of benzene rings is 1. The lowest BCUT2D eigenvalue weighted by Gasteiger charge is -2.26. The summed E-state index contributed by atoms with van der Waals surface area (Å²) in [6, 6.07) is 6.97. The Hall–Kier alpha value is -3.56. The number of amides is 2. The van der Waals surface area contributed by atoms with E-state index >= 15 is 0 Å². The molecule has 1 saturated heterocycles. The number of aromatic amines is 1. The van der Waals surface area contributed by atoms with Gasteiger partial charge in [-0.05, 0) is 25.0 Å². The van der Waals surface area contributed by atoms with Gasteiger partial charge in [0.2, 0.25) is 5.91 Å². The number of rotatable bonds is 4. The van der Waals surface area contributed by atoms with Crippen LogP contribution in [0.5, 0.6) is 0 Å². The summed E-state index contributed by atoms with van der Waals surface area (Å²) in [4.78, 5) is 43.0. The van der Waals surface area contributed by atoms with Gasteiger partial charge in [-0.2, -0.15) is 0 Å². The van der Waals surface area contributed by atoms with E-state index in [-0.39, 0.29) is 17.4 Å². The number of aromatic nitrogens is 2. The van der Waals surface area contributed by atoms with Gasteiger partial charge in [0, 0.05) is 19.4 Å². The molecule has 10 nitrogen and oxygen atoms in total. The van der Waals surface area contributed by atoms with Gasteiger partial charge in [0.1, 0.15) is 12.4 Å². The fourth-order valence-electron chi connectivity index (χ4n) is 3.85. The average Bonchev–Trinajstić information content (AvgIpc) is 3.43. The predicted octanol–water partition coefficient (Wildman–Crippen LogP) is 1.78. The average molecular weight is 410 g/mol. The summed E-state index contributed by atoms with van der Waals surface area (Å²) in [5.41, 5.74) is 1.70. The van der Waals surface area contributed by atoms with E-state index in [1.165, 1.54) is 4.68 Å². The van der Waals surface area contributed by atoms with Gasteiger partial charge in [0.25, 0.3) is 5.56 Å². The fraction of sp³-hybridized carbons (Fsp3) is 0.400. The third kappa shape index (κ3) is 3.23. The van der Waals surface area contributed by atoms with Crippen molar-refractivity contribution in [1.82, 2.24) is 15.1 Å². The Morgan fingerprint density at radius 3 is 2.80 bits per heavy atom. The maximum absolute atomic E-state index is 12.7. The lowest BCUT2D eigenvalue weighted by molar-refractivity contribution is -0.120. The van der Waals surface area contributed by atoms with Crippen LogP contribution in [-0.4, -0.2) is 40.8 Å². The van der Waals surface area contributed by atoms with Crippen molar-refractivity contribution in [1.29, 1.82) is 0 Å². The summed E-state index contributed by atoms with van der Waals surface area (Å²) in [5.74, 6) is 0.957. The fourth-order valence-corrected chi connectivity index (χ4v) is 3.85. The smallest absolute Gasteiger partial charge is 0.414 e. The monoisotopic (exact) mass is 410 g/mol. The number of aliphatic imine (C=N–C) groups is 1. The first-order valence-corrected chi connectivity index (χ1v) is 9.98. The van der Waals surface area contributed by atoms with Crippen molar-refractivity contribution in [3.05, 3.63) is 40.2 Å². The van der Waals surface area contributed by atoms with Crippen molar-refractivity contribution in [3.8, 4) is 0 Å². The molecule has 0 spiro atoms. The first-order valence-electron chi connectivity index (χ1n) is 9.98. The summed E-state index contributed by atoms with van der Waals surface area (Å²) >= 11 is 0. The molecule has 0 bridgehead atoms. The van der Waals surface area contributed by atoms with E-state index in [9.17, 15) is 14.4 Å². The van der Waals surface area contributed by atoms with Crippen LogP contribution >= 0.6 is 0 Å². The normalized spacial score (nSPS) is 20.4. The number of aryl methyl sites for hydroxylation is 1. The van der Waals surface area contributed by atoms with Gasteiger partial charge in [-0.25, -0.2) is 9.79 Å². The molecule has 1 aromatic carbocycles. The molecular formula is C20H22N6O4. The molecule has 3 heterocycles. The molecule has 2 fully saturated rings. The second-order valence-electron chi connectivity index (χ2n) is 7.74. The van der Waals surface area contributed by atoms with Gasteiger partial charge >= 0.3 is 6.09 Å². The number of hydrogen-bond acceptors (Lipinski definition) is 6. The van der Waals surface area contributed by atoms with E-state index in [1.807, 2.05) is 24.3 Å². The summed E-state index contributed by atoms with van der Waals surface area (Å²) < 4.78 is 6.44. The van der Waals surface area contributed by atoms with Crippen LogP contribution in [-0.2, 0) is 16.6 Å². The highest BCUT2D eigenvalue weighted by Gasteiger charge is 2.34. The number of cyclic esters (lactones) is 1. The van der Waals surface area contributed by atoms with Crippen molar-refractivity contribution in [2.75, 3.05) is 23.4 Å². The van der Waals surface area contributed by atoms with E-state index in [4.69, 9.17) is 4.74 Å². The van der Waals surface area contributed by atoms with Gasteiger partial charge < -0.3 is 15.4 Å². The zero-order valence-corrected chi connectivity index (χ0v) is 16.5. The molecule has 1 aromatic heterocycles. The minimum atomic E-state index is -0.420. The lowest BCUT2D eigenvalue weighted by Crippen LogP contribution is -2.36. The molecule has 30 heavy (non-hydrogen) atoms. The molecule has 3 N–H and O–H groups in total. The molecule has 1 atom stereocenters. The van der Waals surface area contributed by atoms with E-state index in [2.05, 4.69) is 20.7 Å². The summed E-state index contributed by atoms with van der Waals surface area (Å²) in [6.45, 7) is 0.798. The number of nitrogens with zero attached hydrogens (tertiary/aromatic N) is 3. The van der Waals surface area contributed by atoms with Gasteiger partial charge in [-0.15, -0.1) is 0 Å². The second kappa shape index (κ2) is 7.05. The van der Waals surface area contributed by atoms with E-state index in [0.29, 0.717) is 48.2 Å². The topological polar surface area (TPSA) is 121 Å². The van der Waals surface area contributed by atoms with Crippen molar-refractivity contribution in [2.45, 2.75) is 25.3 Å². The third-order valence-electron chi connectivity index (χ3n) is 5.56. The summed E-state index contributed by atoms with van der Waals surface area (Å²) in [5, 5.41) is 9.23. The van der Waals surface area contributed by atoms with E-state index in [0.717, 1.165) is 12.8 Å². The molecular weight excluding hydrogens is 388 g/mol. The molecule has 3 aliphatic rings. The number of nitrogens with one attached hydrogen (secondary N) is 3. The van der Waals surface area contributed by atoms with E-state index in [1.54, 1.807) is 11.9 Å². The van der Waals surface area contributed by atoms with Crippen LogP contribution in [0, 0.1) is 5.92 Å². The SMILES string of the molecule is Cn1[nH]c2c(c1=O)C(Nc1ccccc1N1CCOC1=O)CC(NC(=O)C1CC1)=N2. The maximum Gasteiger partial charge on any atom is 0.414 e. The van der Waals surface area contributed by atoms with Gasteiger partial charge in [0.05, 0.1) is 29.5 Å². The summed E-state index contributed by atoms with van der Waals surface area (Å²) in [6.07, 6.45) is 1.74. The van der Waals surface area contributed by atoms with Crippen LogP contribution < -0.4 is 21.1 Å². The molecule has 1 unspecified atom stereocenters. The largest absolute Gasteiger partial charge is 0.447 e. The van der Waals surface area contributed by atoms with Crippen LogP contribution in [0.15, 0.2) is 34.1 Å². The maximum atomic E-state index is 12.7. The number of hydrogen-bond donors (Lipinski definition) is 3. The zero-order valence-electron chi connectivity index (χ0n) is 16.5. The Kier molecular flexibility index (Phi) is 4.34. The number of H-pyrrole nitrogens is 1. The Balaban J connectivity index is 1.47. The van der Waals surface area contributed by atoms with Crippen LogP contribution in [0.1, 0.15) is 30.9 Å². The van der Waals surface area contributed by atoms with Gasteiger partial charge in [0.15, 0.2) is 5.82 Å². The number of carbonyl (C=O) groups is 2. The standard InChI is InChI=1S/C20H22N6O4/c1-25-19(28)16-13(10-15(22-17(16)24-25)23-18(27)11-6-7-11)21-12-4-2-3-5-14(12)26-8-9-30-20(26)29/h2-5,11,13,21,24H,6-10H2,1H3,(H,22,23,27). The number of amidine groups is 1. The first-order chi connectivity index (χ1) is 14.5. The molecule has 1 saturated carbocycles. The van der Waals surface area contributed by atoms with Crippen LogP contribution in [0.25, 0.3) is 0 Å². The Morgan fingerprint density at radius 1 is 1.27 bits per heavy atom. The molecule has 2 aromatic rings. The number of anilines is 2. The summed E-state index contributed by atoms with van der Waals surface area (Å²) in [7, 11) is 1.63. The van der Waals surface area contributed by atoms with Gasteiger partial charge in [-0.1, -0.05) is 12.1 Å². The molecule has 1 aliphatic carbocycles. The Bertz CT molecular complexity index is 1110. The molecule has 5 rings (SSSR count). The van der Waals surface area contributed by atoms with Gasteiger partial charge in [-0.3, -0.25) is 24.3 Å². The molecule has 10 heteroatoms. The number of para-hydroxylation sites is 2. The highest BCUT2D eigenvalue weighted by Crippen LogP contribution is 2.36. The van der Waals surface area contributed by atoms with Crippen LogP contribution in [0.4, 0.5) is 22.0 Å². The van der Waals surface area contributed by atoms with Crippen LogP contribution in [0.3, 0.4) is 0 Å². The van der Waals surface area contributed by atoms with Crippen molar-refractivity contribution < 1.29 is 14.3 Å². The third-order valence-corrected chi connectivity index (χ3v) is 5.56. The Morgan fingerprint density at radius 2 is 2.07 bits per heavy atom. The first kappa shape index (κ1) is 18.5. The van der Waals surface area contributed by atoms with E-state index < -0.39 is 12.1 Å². The zero-order chi connectivity index (χ0) is 20.8. The lowest BCUT2D eigenvalue weighted by atomic mass is 10.0. The van der Waals surface area contributed by atoms with Crippen LogP contribution in [0.2, 0.25) is 0 Å². The predicted molar refractivity (Wildman–Crippen MR) is 110 cm³/mol. The van der Waals surface area contributed by atoms with Crippen molar-refractivity contribution in [3.63, 3.8) is 0 Å². The molecule has 2 aliphatic heterocycles. The highest BCUT2D eigenvalue weighted by molar-refractivity contribution is 6.02. The number of fused-ring (bicyclic) bond motifs is 1. The minimum absolute atomic E-state index is 0.0329. The number of ether oxygens (including phenoxy) is 1. The number of carbonyl (C=O) groups excluding carboxylic acids is 2. The highest BCUT2D eigenvalue weighted by atomic mass is 16.6. The molecule has 2 amide bonds.